The number of anilines is 1. The molecule has 2 aliphatic carbocycles. The zero-order valence-electron chi connectivity index (χ0n) is 19.9. The van der Waals surface area contributed by atoms with Gasteiger partial charge in [0, 0.05) is 30.1 Å². The number of piperidine rings is 1. The summed E-state index contributed by atoms with van der Waals surface area (Å²) in [7, 11) is 0. The first-order valence-electron chi connectivity index (χ1n) is 12.4. The molecule has 2 unspecified atom stereocenters. The van der Waals surface area contributed by atoms with Gasteiger partial charge in [-0.3, -0.25) is 29.1 Å². The first kappa shape index (κ1) is 22.5. The average Bonchev–Trinajstić information content (AvgIpc) is 3.70. The zero-order chi connectivity index (χ0) is 25.0. The minimum Gasteiger partial charge on any atom is -0.325 e. The number of amides is 3. The molecule has 3 amide bonds. The van der Waals surface area contributed by atoms with Gasteiger partial charge >= 0.3 is 0 Å². The second-order valence-corrected chi connectivity index (χ2v) is 9.90. The number of carbonyl (C=O) groups excluding carboxylic acids is 3. The number of nitrogens with zero attached hydrogens (tertiary/aromatic N) is 4. The first-order chi connectivity index (χ1) is 17.4. The second-order valence-electron chi connectivity index (χ2n) is 9.90. The molecule has 10 heteroatoms. The van der Waals surface area contributed by atoms with E-state index in [-0.39, 0.29) is 36.0 Å². The maximum absolute atomic E-state index is 13.6. The molecule has 0 bridgehead atoms. The molecule has 1 aliphatic heterocycles. The highest BCUT2D eigenvalue weighted by Crippen LogP contribution is 2.38. The lowest BCUT2D eigenvalue weighted by Gasteiger charge is -2.25. The Kier molecular flexibility index (Phi) is 5.39. The van der Waals surface area contributed by atoms with Gasteiger partial charge in [-0.25, -0.2) is 15.0 Å². The van der Waals surface area contributed by atoms with Crippen LogP contribution in [-0.4, -0.2) is 37.2 Å². The van der Waals surface area contributed by atoms with Gasteiger partial charge in [0.2, 0.25) is 17.7 Å². The Morgan fingerprint density at radius 2 is 1.92 bits per heavy atom. The minimum atomic E-state index is -0.828. The molecule has 2 aromatic heterocycles. The van der Waals surface area contributed by atoms with Crippen LogP contribution in [0.5, 0.6) is 0 Å². The zero-order valence-corrected chi connectivity index (χ0v) is 19.9. The lowest BCUT2D eigenvalue weighted by Crippen LogP contribution is -2.45. The largest absolute Gasteiger partial charge is 0.325 e. The van der Waals surface area contributed by atoms with Crippen LogP contribution in [-0.2, 0) is 27.2 Å². The van der Waals surface area contributed by atoms with Gasteiger partial charge < -0.3 is 5.32 Å². The van der Waals surface area contributed by atoms with Gasteiger partial charge in [0.15, 0.2) is 0 Å². The SMILES string of the molecule is Cc1nc2cccc(NC(=O)C3CCc4nc(C5CC5)ncc4C3)c2c(=O)n1C1CCC(=O)NC1=O. The standard InChI is InChI=1S/C26H26N6O4/c1-13-28-18-3-2-4-19(22(18)26(36)32(13)20-9-10-21(33)31-25(20)35)30-24(34)15-7-8-17-16(11-15)12-27-23(29-17)14-5-6-14/h2-4,12,14-15,20H,5-11H2,1H3,(H,30,34)(H,31,33,35). The van der Waals surface area contributed by atoms with E-state index in [1.54, 1.807) is 25.1 Å². The number of hydrogen-bond acceptors (Lipinski definition) is 7. The lowest BCUT2D eigenvalue weighted by molar-refractivity contribution is -0.135. The normalized spacial score (nSPS) is 21.7. The minimum absolute atomic E-state index is 0.147. The van der Waals surface area contributed by atoms with Crippen LogP contribution in [0, 0.1) is 12.8 Å². The Labute approximate surface area is 206 Å². The molecule has 184 valence electrons. The van der Waals surface area contributed by atoms with Crippen LogP contribution >= 0.6 is 0 Å². The third-order valence-corrected chi connectivity index (χ3v) is 7.37. The Hall–Kier alpha value is -3.95. The molecular formula is C26H26N6O4. The maximum atomic E-state index is 13.6. The maximum Gasteiger partial charge on any atom is 0.264 e. The summed E-state index contributed by atoms with van der Waals surface area (Å²) in [6, 6.07) is 4.30. The third kappa shape index (κ3) is 3.96. The number of aromatic nitrogens is 4. The van der Waals surface area contributed by atoms with Gasteiger partial charge in [-0.2, -0.15) is 0 Å². The van der Waals surface area contributed by atoms with Crippen LogP contribution in [0.2, 0.25) is 0 Å². The molecule has 3 aromatic rings. The number of fused-ring (bicyclic) bond motifs is 2. The van der Waals surface area contributed by atoms with Crippen LogP contribution < -0.4 is 16.2 Å². The van der Waals surface area contributed by atoms with Crippen molar-refractivity contribution in [2.45, 2.75) is 63.8 Å². The van der Waals surface area contributed by atoms with Crippen LogP contribution in [0.3, 0.4) is 0 Å². The number of imide groups is 1. The van der Waals surface area contributed by atoms with E-state index < -0.39 is 17.5 Å². The topological polar surface area (TPSA) is 136 Å². The number of hydrogen-bond donors (Lipinski definition) is 2. The highest BCUT2D eigenvalue weighted by molar-refractivity contribution is 6.02. The number of aryl methyl sites for hydroxylation is 2. The summed E-state index contributed by atoms with van der Waals surface area (Å²) in [5, 5.41) is 5.49. The molecule has 2 fully saturated rings. The van der Waals surface area contributed by atoms with Crippen molar-refractivity contribution in [3.05, 3.63) is 57.7 Å². The van der Waals surface area contributed by atoms with Crippen molar-refractivity contribution in [2.24, 2.45) is 5.92 Å². The van der Waals surface area contributed by atoms with Gasteiger partial charge in [0.25, 0.3) is 5.56 Å². The van der Waals surface area contributed by atoms with Crippen LogP contribution in [0.15, 0.2) is 29.2 Å². The summed E-state index contributed by atoms with van der Waals surface area (Å²) in [6.45, 7) is 1.66. The molecule has 1 aromatic carbocycles. The molecule has 6 rings (SSSR count). The van der Waals surface area contributed by atoms with E-state index in [2.05, 4.69) is 20.6 Å². The summed E-state index contributed by atoms with van der Waals surface area (Å²) < 4.78 is 1.32. The fraction of sp³-hybridized carbons (Fsp3) is 0.423. The molecule has 3 heterocycles. The monoisotopic (exact) mass is 486 g/mol. The molecular weight excluding hydrogens is 460 g/mol. The Balaban J connectivity index is 1.29. The van der Waals surface area contributed by atoms with Gasteiger partial charge in [-0.15, -0.1) is 0 Å². The smallest absolute Gasteiger partial charge is 0.264 e. The van der Waals surface area contributed by atoms with Gasteiger partial charge in [-0.05, 0) is 63.1 Å². The molecule has 36 heavy (non-hydrogen) atoms. The first-order valence-corrected chi connectivity index (χ1v) is 12.4. The van der Waals surface area contributed by atoms with Crippen LogP contribution in [0.25, 0.3) is 10.9 Å². The van der Waals surface area contributed by atoms with Crippen molar-refractivity contribution in [2.75, 3.05) is 5.32 Å². The van der Waals surface area contributed by atoms with Crippen molar-refractivity contribution >= 4 is 34.3 Å². The summed E-state index contributed by atoms with van der Waals surface area (Å²) in [5.41, 5.74) is 2.42. The van der Waals surface area contributed by atoms with E-state index >= 15 is 0 Å². The molecule has 3 aliphatic rings. The van der Waals surface area contributed by atoms with Crippen molar-refractivity contribution in [1.29, 1.82) is 0 Å². The van der Waals surface area contributed by atoms with E-state index in [4.69, 9.17) is 4.98 Å². The predicted molar refractivity (Wildman–Crippen MR) is 130 cm³/mol. The van der Waals surface area contributed by atoms with E-state index in [1.165, 1.54) is 4.57 Å². The van der Waals surface area contributed by atoms with Gasteiger partial charge in [-0.1, -0.05) is 6.07 Å². The van der Waals surface area contributed by atoms with Crippen molar-refractivity contribution in [1.82, 2.24) is 24.8 Å². The molecule has 2 N–H and O–H groups in total. The van der Waals surface area contributed by atoms with Crippen molar-refractivity contribution in [3.63, 3.8) is 0 Å². The lowest BCUT2D eigenvalue weighted by atomic mass is 9.86. The highest BCUT2D eigenvalue weighted by Gasteiger charge is 2.32. The summed E-state index contributed by atoms with van der Waals surface area (Å²) in [5.74, 6) is 0.469. The number of carbonyl (C=O) groups is 3. The Morgan fingerprint density at radius 1 is 1.08 bits per heavy atom. The second kappa shape index (κ2) is 8.61. The van der Waals surface area contributed by atoms with Crippen molar-refractivity contribution < 1.29 is 14.4 Å². The fourth-order valence-electron chi connectivity index (χ4n) is 5.27. The highest BCUT2D eigenvalue weighted by atomic mass is 16.2. The summed E-state index contributed by atoms with van der Waals surface area (Å²) in [4.78, 5) is 64.7. The van der Waals surface area contributed by atoms with Gasteiger partial charge in [0.05, 0.1) is 16.6 Å². The predicted octanol–water partition coefficient (Wildman–Crippen LogP) is 2.09. The number of rotatable bonds is 4. The Morgan fingerprint density at radius 3 is 2.69 bits per heavy atom. The summed E-state index contributed by atoms with van der Waals surface area (Å²) in [6.07, 6.45) is 6.46. The van der Waals surface area contributed by atoms with E-state index in [0.29, 0.717) is 42.2 Å². The summed E-state index contributed by atoms with van der Waals surface area (Å²) >= 11 is 0. The van der Waals surface area contributed by atoms with E-state index in [9.17, 15) is 19.2 Å². The van der Waals surface area contributed by atoms with Crippen LogP contribution in [0.1, 0.15) is 67.0 Å². The average molecular weight is 487 g/mol. The van der Waals surface area contributed by atoms with Gasteiger partial charge in [0.1, 0.15) is 17.7 Å². The van der Waals surface area contributed by atoms with E-state index in [1.807, 2.05) is 6.20 Å². The van der Waals surface area contributed by atoms with Crippen LogP contribution in [0.4, 0.5) is 5.69 Å². The van der Waals surface area contributed by atoms with E-state index in [0.717, 1.165) is 29.9 Å². The fourth-order valence-corrected chi connectivity index (χ4v) is 5.27. The molecule has 1 saturated carbocycles. The molecule has 0 spiro atoms. The molecule has 0 radical (unpaired) electrons. The molecule has 2 atom stereocenters. The molecule has 1 saturated heterocycles. The quantitative estimate of drug-likeness (QED) is 0.539. The Bertz CT molecular complexity index is 1490. The third-order valence-electron chi connectivity index (χ3n) is 7.37. The molecule has 10 nitrogen and oxygen atoms in total. The number of benzene rings is 1. The van der Waals surface area contributed by atoms with Crippen molar-refractivity contribution in [3.8, 4) is 0 Å². The number of nitrogens with one attached hydrogen (secondary N) is 2.